The van der Waals surface area contributed by atoms with Crippen LogP contribution >= 0.6 is 0 Å². The van der Waals surface area contributed by atoms with Crippen LogP contribution in [0.25, 0.3) is 0 Å². The monoisotopic (exact) mass is 208 g/mol. The van der Waals surface area contributed by atoms with Crippen molar-refractivity contribution in [2.45, 2.75) is 13.8 Å². The first kappa shape index (κ1) is 11.4. The molecule has 5 heteroatoms. The molecule has 15 heavy (non-hydrogen) atoms. The molecule has 0 atom stereocenters. The Balaban J connectivity index is 2.43. The molecule has 1 aromatic rings. The lowest BCUT2D eigenvalue weighted by Gasteiger charge is -2.14. The molecule has 0 saturated heterocycles. The first-order chi connectivity index (χ1) is 7.13. The predicted octanol–water partition coefficient (Wildman–Crippen LogP) is 0.675. The number of carbonyl (C=O) groups excluding carboxylic acids is 1. The molecule has 1 amide bonds. The third-order valence-electron chi connectivity index (χ3n) is 2.12. The minimum Gasteiger partial charge on any atom is -0.360 e. The lowest BCUT2D eigenvalue weighted by atomic mass is 10.4. The van der Waals surface area contributed by atoms with Gasteiger partial charge in [-0.2, -0.15) is 5.10 Å². The molecule has 82 valence electrons. The van der Waals surface area contributed by atoms with Crippen molar-refractivity contribution in [3.63, 3.8) is 0 Å². The number of amides is 1. The first-order valence-corrected chi connectivity index (χ1v) is 4.91. The molecule has 1 heterocycles. The van der Waals surface area contributed by atoms with Gasteiger partial charge in [0, 0.05) is 13.6 Å². The average Bonchev–Trinajstić information content (AvgIpc) is 2.26. The number of aromatic nitrogens is 2. The number of anilines is 1. The Hall–Kier alpha value is -1.65. The van der Waals surface area contributed by atoms with Gasteiger partial charge in [-0.25, -0.2) is 0 Å². The summed E-state index contributed by atoms with van der Waals surface area (Å²) in [6, 6.07) is 3.66. The van der Waals surface area contributed by atoms with Crippen molar-refractivity contribution in [3.05, 3.63) is 17.8 Å². The SMILES string of the molecule is CCN(C)C(=O)CNc1ccc(C)nn1. The second-order valence-corrected chi connectivity index (χ2v) is 3.32. The van der Waals surface area contributed by atoms with Gasteiger partial charge in [-0.05, 0) is 26.0 Å². The van der Waals surface area contributed by atoms with Crippen LogP contribution in [0.15, 0.2) is 12.1 Å². The third-order valence-corrected chi connectivity index (χ3v) is 2.12. The highest BCUT2D eigenvalue weighted by molar-refractivity contribution is 5.80. The molecule has 0 bridgehead atoms. The molecule has 0 aromatic carbocycles. The molecule has 0 aliphatic carbocycles. The van der Waals surface area contributed by atoms with E-state index in [-0.39, 0.29) is 12.5 Å². The van der Waals surface area contributed by atoms with Gasteiger partial charge in [-0.15, -0.1) is 5.10 Å². The van der Waals surface area contributed by atoms with E-state index in [1.54, 1.807) is 11.9 Å². The van der Waals surface area contributed by atoms with Gasteiger partial charge in [0.05, 0.1) is 12.2 Å². The van der Waals surface area contributed by atoms with Crippen LogP contribution in [-0.4, -0.2) is 41.1 Å². The van der Waals surface area contributed by atoms with Gasteiger partial charge in [-0.1, -0.05) is 0 Å². The number of hydrogen-bond acceptors (Lipinski definition) is 4. The van der Waals surface area contributed by atoms with Crippen molar-refractivity contribution in [1.29, 1.82) is 0 Å². The van der Waals surface area contributed by atoms with Crippen molar-refractivity contribution in [2.75, 3.05) is 25.5 Å². The van der Waals surface area contributed by atoms with E-state index in [4.69, 9.17) is 0 Å². The van der Waals surface area contributed by atoms with Gasteiger partial charge in [0.1, 0.15) is 5.82 Å². The Morgan fingerprint density at radius 3 is 2.73 bits per heavy atom. The Bertz CT molecular complexity index is 323. The molecule has 0 spiro atoms. The highest BCUT2D eigenvalue weighted by atomic mass is 16.2. The van der Waals surface area contributed by atoms with Gasteiger partial charge in [0.2, 0.25) is 5.91 Å². The highest BCUT2D eigenvalue weighted by Gasteiger charge is 2.05. The van der Waals surface area contributed by atoms with E-state index in [1.807, 2.05) is 26.0 Å². The third kappa shape index (κ3) is 3.53. The maximum Gasteiger partial charge on any atom is 0.241 e. The van der Waals surface area contributed by atoms with E-state index < -0.39 is 0 Å². The largest absolute Gasteiger partial charge is 0.360 e. The Kier molecular flexibility index (Phi) is 4.03. The number of aryl methyl sites for hydroxylation is 1. The van der Waals surface area contributed by atoms with E-state index in [2.05, 4.69) is 15.5 Å². The smallest absolute Gasteiger partial charge is 0.241 e. The van der Waals surface area contributed by atoms with Crippen molar-refractivity contribution in [1.82, 2.24) is 15.1 Å². The molecule has 0 saturated carbocycles. The molecule has 1 N–H and O–H groups in total. The molecule has 0 aliphatic heterocycles. The molecule has 0 radical (unpaired) electrons. The molecular formula is C10H16N4O. The van der Waals surface area contributed by atoms with E-state index >= 15 is 0 Å². The van der Waals surface area contributed by atoms with Crippen LogP contribution in [0.2, 0.25) is 0 Å². The molecule has 0 unspecified atom stereocenters. The van der Waals surface area contributed by atoms with Crippen LogP contribution < -0.4 is 5.32 Å². The van der Waals surface area contributed by atoms with Crippen molar-refractivity contribution in [3.8, 4) is 0 Å². The topological polar surface area (TPSA) is 58.1 Å². The summed E-state index contributed by atoms with van der Waals surface area (Å²) in [7, 11) is 1.77. The summed E-state index contributed by atoms with van der Waals surface area (Å²) in [5.74, 6) is 0.665. The van der Waals surface area contributed by atoms with Crippen LogP contribution in [0.1, 0.15) is 12.6 Å². The highest BCUT2D eigenvalue weighted by Crippen LogP contribution is 2.00. The Labute approximate surface area is 89.5 Å². The fourth-order valence-electron chi connectivity index (χ4n) is 0.971. The summed E-state index contributed by atoms with van der Waals surface area (Å²) in [6.07, 6.45) is 0. The fourth-order valence-corrected chi connectivity index (χ4v) is 0.971. The Morgan fingerprint density at radius 2 is 2.20 bits per heavy atom. The lowest BCUT2D eigenvalue weighted by Crippen LogP contribution is -2.32. The van der Waals surface area contributed by atoms with Gasteiger partial charge in [0.15, 0.2) is 0 Å². The second kappa shape index (κ2) is 5.29. The second-order valence-electron chi connectivity index (χ2n) is 3.32. The zero-order valence-corrected chi connectivity index (χ0v) is 9.32. The molecule has 0 aliphatic rings. The molecule has 5 nitrogen and oxygen atoms in total. The normalized spacial score (nSPS) is 9.80. The molecule has 1 rings (SSSR count). The standard InChI is InChI=1S/C10H16N4O/c1-4-14(3)10(15)7-11-9-6-5-8(2)12-13-9/h5-6H,4,7H2,1-3H3,(H,11,13). The van der Waals surface area contributed by atoms with Crippen molar-refractivity contribution in [2.24, 2.45) is 0 Å². The lowest BCUT2D eigenvalue weighted by molar-refractivity contribution is -0.127. The quantitative estimate of drug-likeness (QED) is 0.790. The predicted molar refractivity (Wildman–Crippen MR) is 58.6 cm³/mol. The van der Waals surface area contributed by atoms with Crippen LogP contribution in [0.5, 0.6) is 0 Å². The maximum atomic E-state index is 11.4. The van der Waals surface area contributed by atoms with Crippen LogP contribution in [0.4, 0.5) is 5.82 Å². The van der Waals surface area contributed by atoms with E-state index in [0.717, 1.165) is 5.69 Å². The Morgan fingerprint density at radius 1 is 1.47 bits per heavy atom. The van der Waals surface area contributed by atoms with Gasteiger partial charge < -0.3 is 10.2 Å². The average molecular weight is 208 g/mol. The van der Waals surface area contributed by atoms with E-state index in [0.29, 0.717) is 12.4 Å². The summed E-state index contributed by atoms with van der Waals surface area (Å²) in [6.45, 7) is 4.76. The minimum absolute atomic E-state index is 0.0416. The van der Waals surface area contributed by atoms with E-state index in [1.165, 1.54) is 0 Å². The minimum atomic E-state index is 0.0416. The molecular weight excluding hydrogens is 192 g/mol. The number of nitrogens with zero attached hydrogens (tertiary/aromatic N) is 3. The zero-order valence-electron chi connectivity index (χ0n) is 9.32. The number of carbonyl (C=O) groups is 1. The number of hydrogen-bond donors (Lipinski definition) is 1. The zero-order chi connectivity index (χ0) is 11.3. The number of nitrogens with one attached hydrogen (secondary N) is 1. The van der Waals surface area contributed by atoms with Crippen LogP contribution in [-0.2, 0) is 4.79 Å². The van der Waals surface area contributed by atoms with Gasteiger partial charge >= 0.3 is 0 Å². The number of likely N-dealkylation sites (N-methyl/N-ethyl adjacent to an activating group) is 1. The van der Waals surface area contributed by atoms with Gasteiger partial charge in [-0.3, -0.25) is 4.79 Å². The van der Waals surface area contributed by atoms with Crippen LogP contribution in [0.3, 0.4) is 0 Å². The summed E-state index contributed by atoms with van der Waals surface area (Å²) in [5, 5.41) is 10.7. The summed E-state index contributed by atoms with van der Waals surface area (Å²) in [4.78, 5) is 13.1. The summed E-state index contributed by atoms with van der Waals surface area (Å²) < 4.78 is 0. The summed E-state index contributed by atoms with van der Waals surface area (Å²) >= 11 is 0. The van der Waals surface area contributed by atoms with Gasteiger partial charge in [0.25, 0.3) is 0 Å². The summed E-state index contributed by atoms with van der Waals surface area (Å²) in [5.41, 5.74) is 0.859. The first-order valence-electron chi connectivity index (χ1n) is 4.91. The maximum absolute atomic E-state index is 11.4. The van der Waals surface area contributed by atoms with Crippen LogP contribution in [0, 0.1) is 6.92 Å². The molecule has 0 fully saturated rings. The number of rotatable bonds is 4. The molecule has 1 aromatic heterocycles. The van der Waals surface area contributed by atoms with Crippen molar-refractivity contribution >= 4 is 11.7 Å². The van der Waals surface area contributed by atoms with Crippen molar-refractivity contribution < 1.29 is 4.79 Å². The fraction of sp³-hybridized carbons (Fsp3) is 0.500. The van der Waals surface area contributed by atoms with E-state index in [9.17, 15) is 4.79 Å².